The molecule has 4 aromatic carbocycles. The molecule has 0 aliphatic heterocycles. The number of thioether (sulfide) groups is 1. The molecule has 0 fully saturated rings. The second-order valence-corrected chi connectivity index (χ2v) is 10.6. The summed E-state index contributed by atoms with van der Waals surface area (Å²) in [6.45, 7) is 0.612. The van der Waals surface area contributed by atoms with E-state index in [1.54, 1.807) is 43.4 Å². The summed E-state index contributed by atoms with van der Waals surface area (Å²) in [5, 5.41) is 5.67. The van der Waals surface area contributed by atoms with Gasteiger partial charge in [-0.1, -0.05) is 36.4 Å². The number of aromatic nitrogens is 4. The highest BCUT2D eigenvalue weighted by atomic mass is 32.2. The minimum atomic E-state index is -0.295. The highest BCUT2D eigenvalue weighted by molar-refractivity contribution is 7.98. The molecule has 8 heteroatoms. The number of nitrogens with one attached hydrogen (secondary N) is 1. The SMILES string of the molecule is COc1ccc2nc(C(CCSC)NC(=O)c3ccc4nccnc4c3)n(Cc3ccc4ccccc4c3)c2c1. The van der Waals surface area contributed by atoms with Gasteiger partial charge in [0.05, 0.1) is 35.2 Å². The van der Waals surface area contributed by atoms with Crippen LogP contribution in [-0.4, -0.2) is 44.5 Å². The number of amides is 1. The van der Waals surface area contributed by atoms with E-state index in [1.165, 1.54) is 10.8 Å². The Bertz CT molecular complexity index is 1830. The Morgan fingerprint density at radius 2 is 1.73 bits per heavy atom. The predicted octanol–water partition coefficient (Wildman–Crippen LogP) is 6.41. The van der Waals surface area contributed by atoms with Crippen molar-refractivity contribution in [1.29, 1.82) is 0 Å². The molecule has 0 radical (unpaired) electrons. The molecule has 1 N–H and O–H groups in total. The van der Waals surface area contributed by atoms with E-state index in [2.05, 4.69) is 68.6 Å². The number of hydrogen-bond acceptors (Lipinski definition) is 6. The zero-order valence-corrected chi connectivity index (χ0v) is 23.2. The van der Waals surface area contributed by atoms with Gasteiger partial charge in [0.25, 0.3) is 5.91 Å². The Balaban J connectivity index is 1.41. The van der Waals surface area contributed by atoms with Crippen LogP contribution in [0.25, 0.3) is 32.8 Å². The van der Waals surface area contributed by atoms with Crippen molar-refractivity contribution >= 4 is 50.5 Å². The van der Waals surface area contributed by atoms with E-state index in [4.69, 9.17) is 9.72 Å². The fraction of sp³-hybridized carbons (Fsp3) is 0.188. The van der Waals surface area contributed by atoms with Crippen molar-refractivity contribution in [1.82, 2.24) is 24.8 Å². The van der Waals surface area contributed by atoms with Gasteiger partial charge in [-0.05, 0) is 71.2 Å². The molecule has 0 saturated carbocycles. The third-order valence-corrected chi connectivity index (χ3v) is 7.74. The Labute approximate surface area is 236 Å². The number of rotatable bonds is 9. The van der Waals surface area contributed by atoms with Crippen LogP contribution in [0, 0.1) is 0 Å². The van der Waals surface area contributed by atoms with Crippen LogP contribution in [0.2, 0.25) is 0 Å². The zero-order valence-electron chi connectivity index (χ0n) is 22.4. The largest absolute Gasteiger partial charge is 0.497 e. The van der Waals surface area contributed by atoms with E-state index in [9.17, 15) is 4.79 Å². The lowest BCUT2D eigenvalue weighted by molar-refractivity contribution is 0.0933. The molecule has 0 bridgehead atoms. The topological polar surface area (TPSA) is 81.9 Å². The smallest absolute Gasteiger partial charge is 0.251 e. The van der Waals surface area contributed by atoms with Gasteiger partial charge in [0.2, 0.25) is 0 Å². The lowest BCUT2D eigenvalue weighted by Crippen LogP contribution is -2.31. The Morgan fingerprint density at radius 3 is 2.55 bits per heavy atom. The van der Waals surface area contributed by atoms with Gasteiger partial charge in [-0.2, -0.15) is 11.8 Å². The maximum Gasteiger partial charge on any atom is 0.251 e. The quantitative estimate of drug-likeness (QED) is 0.225. The van der Waals surface area contributed by atoms with Crippen molar-refractivity contribution in [3.63, 3.8) is 0 Å². The van der Waals surface area contributed by atoms with Gasteiger partial charge in [-0.25, -0.2) is 4.98 Å². The first-order chi connectivity index (χ1) is 19.6. The van der Waals surface area contributed by atoms with Crippen molar-refractivity contribution in [3.8, 4) is 5.75 Å². The Kier molecular flexibility index (Phi) is 7.33. The molecule has 0 aliphatic carbocycles. The van der Waals surface area contributed by atoms with Crippen molar-refractivity contribution in [2.24, 2.45) is 0 Å². The van der Waals surface area contributed by atoms with Crippen molar-refractivity contribution in [3.05, 3.63) is 108 Å². The van der Waals surface area contributed by atoms with Crippen LogP contribution in [0.15, 0.2) is 91.3 Å². The Morgan fingerprint density at radius 1 is 0.925 bits per heavy atom. The number of hydrogen-bond donors (Lipinski definition) is 1. The number of carbonyl (C=O) groups excluding carboxylic acids is 1. The summed E-state index contributed by atoms with van der Waals surface area (Å²) in [4.78, 5) is 27.3. The summed E-state index contributed by atoms with van der Waals surface area (Å²) < 4.78 is 7.76. The third-order valence-electron chi connectivity index (χ3n) is 7.10. The molecule has 0 spiro atoms. The van der Waals surface area contributed by atoms with Crippen LogP contribution in [0.3, 0.4) is 0 Å². The van der Waals surface area contributed by atoms with Crippen LogP contribution in [-0.2, 0) is 6.54 Å². The zero-order chi connectivity index (χ0) is 27.5. The van der Waals surface area contributed by atoms with E-state index in [-0.39, 0.29) is 11.9 Å². The van der Waals surface area contributed by atoms with E-state index in [1.807, 2.05) is 24.3 Å². The van der Waals surface area contributed by atoms with E-state index in [0.29, 0.717) is 17.6 Å². The summed E-state index contributed by atoms with van der Waals surface area (Å²) in [6, 6.07) is 25.9. The number of benzene rings is 4. The first kappa shape index (κ1) is 25.8. The number of ether oxygens (including phenoxy) is 1. The molecule has 6 aromatic rings. The second-order valence-electron chi connectivity index (χ2n) is 9.66. The average Bonchev–Trinajstić information content (AvgIpc) is 3.35. The first-order valence-electron chi connectivity index (χ1n) is 13.2. The highest BCUT2D eigenvalue weighted by Crippen LogP contribution is 2.29. The summed E-state index contributed by atoms with van der Waals surface area (Å²) in [5.41, 5.74) is 4.97. The van der Waals surface area contributed by atoms with Crippen molar-refractivity contribution in [2.75, 3.05) is 19.1 Å². The second kappa shape index (κ2) is 11.4. The number of imidazole rings is 1. The van der Waals surface area contributed by atoms with Gasteiger partial charge in [-0.15, -0.1) is 0 Å². The number of nitrogens with zero attached hydrogens (tertiary/aromatic N) is 4. The van der Waals surface area contributed by atoms with E-state index >= 15 is 0 Å². The summed E-state index contributed by atoms with van der Waals surface area (Å²) in [7, 11) is 1.67. The number of carbonyl (C=O) groups is 1. The molecule has 7 nitrogen and oxygen atoms in total. The molecule has 1 unspecified atom stereocenters. The van der Waals surface area contributed by atoms with Crippen LogP contribution in [0.5, 0.6) is 5.75 Å². The minimum Gasteiger partial charge on any atom is -0.497 e. The summed E-state index contributed by atoms with van der Waals surface area (Å²) >= 11 is 1.75. The van der Waals surface area contributed by atoms with Gasteiger partial charge in [-0.3, -0.25) is 14.8 Å². The van der Waals surface area contributed by atoms with Gasteiger partial charge in [0.15, 0.2) is 0 Å². The Hall–Kier alpha value is -4.43. The van der Waals surface area contributed by atoms with Crippen molar-refractivity contribution in [2.45, 2.75) is 19.0 Å². The summed E-state index contributed by atoms with van der Waals surface area (Å²) in [6.07, 6.45) is 6.09. The first-order valence-corrected chi connectivity index (χ1v) is 14.5. The summed E-state index contributed by atoms with van der Waals surface area (Å²) in [5.74, 6) is 2.29. The third kappa shape index (κ3) is 5.22. The molecule has 200 valence electrons. The highest BCUT2D eigenvalue weighted by Gasteiger charge is 2.23. The fourth-order valence-electron chi connectivity index (χ4n) is 5.05. The molecule has 2 aromatic heterocycles. The van der Waals surface area contributed by atoms with E-state index < -0.39 is 0 Å². The lowest BCUT2D eigenvalue weighted by Gasteiger charge is -2.20. The van der Waals surface area contributed by atoms with Gasteiger partial charge >= 0.3 is 0 Å². The van der Waals surface area contributed by atoms with Gasteiger partial charge in [0, 0.05) is 30.6 Å². The maximum absolute atomic E-state index is 13.5. The van der Waals surface area contributed by atoms with E-state index in [0.717, 1.165) is 45.9 Å². The predicted molar refractivity (Wildman–Crippen MR) is 162 cm³/mol. The van der Waals surface area contributed by atoms with Gasteiger partial charge in [0.1, 0.15) is 11.6 Å². The monoisotopic (exact) mass is 547 g/mol. The molecule has 6 rings (SSSR count). The maximum atomic E-state index is 13.5. The normalized spacial score (nSPS) is 12.2. The molecule has 40 heavy (non-hydrogen) atoms. The van der Waals surface area contributed by atoms with Gasteiger partial charge < -0.3 is 14.6 Å². The number of fused-ring (bicyclic) bond motifs is 3. The minimum absolute atomic E-state index is 0.166. The fourth-order valence-corrected chi connectivity index (χ4v) is 5.52. The van der Waals surface area contributed by atoms with Crippen LogP contribution >= 0.6 is 11.8 Å². The van der Waals surface area contributed by atoms with Crippen molar-refractivity contribution < 1.29 is 9.53 Å². The molecule has 2 heterocycles. The standard InChI is InChI=1S/C32H29N5O2S/c1-39-25-10-12-27-30(19-25)37(20-21-7-8-22-5-3-4-6-23(22)17-21)31(35-27)28(13-16-40-2)36-32(38)24-9-11-26-29(18-24)34-15-14-33-26/h3-12,14-15,17-19,28H,13,16,20H2,1-2H3,(H,36,38). The van der Waals surface area contributed by atoms with Crippen LogP contribution in [0.1, 0.15) is 34.2 Å². The molecular formula is C32H29N5O2S. The molecule has 0 aliphatic rings. The lowest BCUT2D eigenvalue weighted by atomic mass is 10.1. The average molecular weight is 548 g/mol. The molecule has 0 saturated heterocycles. The molecule has 1 amide bonds. The molecule has 1 atom stereocenters. The molecular weight excluding hydrogens is 518 g/mol. The van der Waals surface area contributed by atoms with Crippen LogP contribution < -0.4 is 10.1 Å². The van der Waals surface area contributed by atoms with Crippen LogP contribution in [0.4, 0.5) is 0 Å². The number of methoxy groups -OCH3 is 1.